The summed E-state index contributed by atoms with van der Waals surface area (Å²) in [6, 6.07) is 11.2. The number of aromatic nitrogens is 3. The molecule has 1 N–H and O–H groups in total. The fourth-order valence-corrected chi connectivity index (χ4v) is 4.10. The summed E-state index contributed by atoms with van der Waals surface area (Å²) in [6.45, 7) is 1.38. The van der Waals surface area contributed by atoms with Crippen molar-refractivity contribution in [3.63, 3.8) is 0 Å². The van der Waals surface area contributed by atoms with Gasteiger partial charge in [0.2, 0.25) is 5.91 Å². The summed E-state index contributed by atoms with van der Waals surface area (Å²) >= 11 is 9.05. The highest BCUT2D eigenvalue weighted by Gasteiger charge is 2.16. The van der Waals surface area contributed by atoms with E-state index in [1.807, 2.05) is 34.2 Å². The summed E-state index contributed by atoms with van der Waals surface area (Å²) in [7, 11) is 1.68. The van der Waals surface area contributed by atoms with Gasteiger partial charge in [-0.3, -0.25) is 4.79 Å². The van der Waals surface area contributed by atoms with Crippen LogP contribution >= 0.6 is 34.7 Å². The monoisotopic (exact) mass is 422 g/mol. The number of ether oxygens (including phenoxy) is 1. The van der Waals surface area contributed by atoms with Crippen molar-refractivity contribution in [1.29, 1.82) is 0 Å². The molecule has 0 aliphatic heterocycles. The molecule has 9 heteroatoms. The van der Waals surface area contributed by atoms with E-state index in [4.69, 9.17) is 16.3 Å². The maximum absolute atomic E-state index is 12.3. The van der Waals surface area contributed by atoms with Crippen LogP contribution in [0.25, 0.3) is 10.7 Å². The van der Waals surface area contributed by atoms with Crippen molar-refractivity contribution in [2.75, 3.05) is 24.8 Å². The molecule has 3 aromatic rings. The summed E-state index contributed by atoms with van der Waals surface area (Å²) in [6.07, 6.45) is 0.840. The molecule has 0 bridgehead atoms. The molecule has 0 aliphatic carbocycles. The Hall–Kier alpha value is -1.87. The van der Waals surface area contributed by atoms with Gasteiger partial charge in [-0.2, -0.15) is 0 Å². The van der Waals surface area contributed by atoms with Gasteiger partial charge in [-0.25, -0.2) is 0 Å². The quantitative estimate of drug-likeness (QED) is 0.408. The van der Waals surface area contributed by atoms with E-state index in [2.05, 4.69) is 15.5 Å². The number of carbonyl (C=O) groups is 1. The molecule has 0 radical (unpaired) electrons. The zero-order chi connectivity index (χ0) is 19.1. The minimum Gasteiger partial charge on any atom is -0.385 e. The van der Waals surface area contributed by atoms with Gasteiger partial charge in [-0.1, -0.05) is 41.6 Å². The Bertz CT molecular complexity index is 883. The second kappa shape index (κ2) is 9.89. The molecule has 3 rings (SSSR count). The molecule has 1 amide bonds. The number of methoxy groups -OCH3 is 1. The lowest BCUT2D eigenvalue weighted by molar-refractivity contribution is -0.113. The van der Waals surface area contributed by atoms with Gasteiger partial charge in [0, 0.05) is 20.3 Å². The van der Waals surface area contributed by atoms with E-state index in [-0.39, 0.29) is 11.7 Å². The first-order valence-corrected chi connectivity index (χ1v) is 10.6. The highest BCUT2D eigenvalue weighted by Crippen LogP contribution is 2.28. The van der Waals surface area contributed by atoms with E-state index in [0.29, 0.717) is 22.5 Å². The van der Waals surface area contributed by atoms with E-state index in [1.54, 1.807) is 30.6 Å². The Labute approximate surface area is 170 Å². The highest BCUT2D eigenvalue weighted by atomic mass is 35.5. The Morgan fingerprint density at radius 2 is 2.15 bits per heavy atom. The first-order valence-electron chi connectivity index (χ1n) is 8.32. The predicted molar refractivity (Wildman–Crippen MR) is 111 cm³/mol. The smallest absolute Gasteiger partial charge is 0.234 e. The Morgan fingerprint density at radius 3 is 2.89 bits per heavy atom. The summed E-state index contributed by atoms with van der Waals surface area (Å²) < 4.78 is 7.19. The van der Waals surface area contributed by atoms with Gasteiger partial charge in [0.25, 0.3) is 0 Å². The van der Waals surface area contributed by atoms with Crippen LogP contribution in [0, 0.1) is 0 Å². The third kappa shape index (κ3) is 5.32. The lowest BCUT2D eigenvalue weighted by atomic mass is 10.3. The topological polar surface area (TPSA) is 69.0 Å². The van der Waals surface area contributed by atoms with Gasteiger partial charge in [0.05, 0.1) is 21.3 Å². The molecule has 2 aromatic heterocycles. The van der Waals surface area contributed by atoms with Crippen molar-refractivity contribution in [2.24, 2.45) is 0 Å². The molecule has 0 unspecified atom stereocenters. The van der Waals surface area contributed by atoms with Crippen LogP contribution in [0.3, 0.4) is 0 Å². The lowest BCUT2D eigenvalue weighted by Gasteiger charge is -2.10. The molecular formula is C18H19ClN4O2S2. The number of nitrogens with zero attached hydrogens (tertiary/aromatic N) is 3. The van der Waals surface area contributed by atoms with Gasteiger partial charge in [0.15, 0.2) is 11.0 Å². The molecule has 0 saturated heterocycles. The van der Waals surface area contributed by atoms with Crippen LogP contribution in [0.2, 0.25) is 5.02 Å². The first-order chi connectivity index (χ1) is 13.2. The highest BCUT2D eigenvalue weighted by molar-refractivity contribution is 7.99. The number of anilines is 1. The van der Waals surface area contributed by atoms with Crippen molar-refractivity contribution in [3.8, 4) is 10.7 Å². The molecule has 0 atom stereocenters. The number of hydrogen-bond acceptors (Lipinski definition) is 6. The standard InChI is InChI=1S/C18H19ClN4O2S2/c1-25-10-5-9-23-17(15-8-4-11-26-15)21-22-18(23)27-12-16(24)20-14-7-3-2-6-13(14)19/h2-4,6-8,11H,5,9-10,12H2,1H3,(H,20,24). The van der Waals surface area contributed by atoms with E-state index >= 15 is 0 Å². The molecular weight excluding hydrogens is 404 g/mol. The Kier molecular flexibility index (Phi) is 7.28. The van der Waals surface area contributed by atoms with Crippen LogP contribution in [0.5, 0.6) is 0 Å². The Balaban J connectivity index is 1.68. The van der Waals surface area contributed by atoms with Crippen LogP contribution in [-0.4, -0.2) is 40.1 Å². The molecule has 27 heavy (non-hydrogen) atoms. The fraction of sp³-hybridized carbons (Fsp3) is 0.278. The van der Waals surface area contributed by atoms with Crippen LogP contribution in [0.1, 0.15) is 6.42 Å². The second-order valence-corrected chi connectivity index (χ2v) is 7.90. The molecule has 0 fully saturated rings. The summed E-state index contributed by atoms with van der Waals surface area (Å²) in [4.78, 5) is 13.3. The van der Waals surface area contributed by atoms with E-state index in [9.17, 15) is 4.79 Å². The largest absolute Gasteiger partial charge is 0.385 e. The van der Waals surface area contributed by atoms with Crippen molar-refractivity contribution >= 4 is 46.3 Å². The number of hydrogen-bond donors (Lipinski definition) is 1. The second-order valence-electron chi connectivity index (χ2n) is 5.60. The normalized spacial score (nSPS) is 10.9. The number of rotatable bonds is 9. The maximum Gasteiger partial charge on any atom is 0.234 e. The fourth-order valence-electron chi connectivity index (χ4n) is 2.43. The minimum atomic E-state index is -0.141. The van der Waals surface area contributed by atoms with Crippen LogP contribution in [-0.2, 0) is 16.1 Å². The SMILES string of the molecule is COCCCn1c(SCC(=O)Nc2ccccc2Cl)nnc1-c1cccs1. The number of amides is 1. The molecule has 0 spiro atoms. The number of para-hydroxylation sites is 1. The van der Waals surface area contributed by atoms with Crippen molar-refractivity contribution in [1.82, 2.24) is 14.8 Å². The summed E-state index contributed by atoms with van der Waals surface area (Å²) in [5.74, 6) is 0.894. The van der Waals surface area contributed by atoms with E-state index in [1.165, 1.54) is 11.8 Å². The lowest BCUT2D eigenvalue weighted by Crippen LogP contribution is -2.15. The van der Waals surface area contributed by atoms with Gasteiger partial charge in [0.1, 0.15) is 0 Å². The van der Waals surface area contributed by atoms with E-state index in [0.717, 1.165) is 23.7 Å². The zero-order valence-electron chi connectivity index (χ0n) is 14.7. The molecule has 6 nitrogen and oxygen atoms in total. The summed E-state index contributed by atoms with van der Waals surface area (Å²) in [5.41, 5.74) is 0.602. The van der Waals surface area contributed by atoms with Crippen LogP contribution in [0.4, 0.5) is 5.69 Å². The van der Waals surface area contributed by atoms with Crippen LogP contribution in [0.15, 0.2) is 46.9 Å². The molecule has 142 valence electrons. The average molecular weight is 423 g/mol. The first kappa shape index (κ1) is 19.9. The Morgan fingerprint density at radius 1 is 1.30 bits per heavy atom. The molecule has 0 aliphatic rings. The maximum atomic E-state index is 12.3. The van der Waals surface area contributed by atoms with Gasteiger partial charge < -0.3 is 14.6 Å². The molecule has 1 aromatic carbocycles. The van der Waals surface area contributed by atoms with E-state index < -0.39 is 0 Å². The van der Waals surface area contributed by atoms with Crippen molar-refractivity contribution in [3.05, 3.63) is 46.8 Å². The third-order valence-electron chi connectivity index (χ3n) is 3.67. The average Bonchev–Trinajstić information content (AvgIpc) is 3.32. The number of thiophene rings is 1. The van der Waals surface area contributed by atoms with Crippen molar-refractivity contribution < 1.29 is 9.53 Å². The van der Waals surface area contributed by atoms with Gasteiger partial charge in [-0.05, 0) is 30.0 Å². The van der Waals surface area contributed by atoms with Gasteiger partial charge in [-0.15, -0.1) is 21.5 Å². The number of carbonyl (C=O) groups excluding carboxylic acids is 1. The number of thioether (sulfide) groups is 1. The number of benzene rings is 1. The van der Waals surface area contributed by atoms with Gasteiger partial charge >= 0.3 is 0 Å². The molecule has 0 saturated carbocycles. The number of nitrogens with one attached hydrogen (secondary N) is 1. The van der Waals surface area contributed by atoms with Crippen LogP contribution < -0.4 is 5.32 Å². The van der Waals surface area contributed by atoms with Crippen molar-refractivity contribution in [2.45, 2.75) is 18.1 Å². The zero-order valence-corrected chi connectivity index (χ0v) is 17.1. The minimum absolute atomic E-state index is 0.141. The predicted octanol–water partition coefficient (Wildman–Crippen LogP) is 4.43. The molecule has 2 heterocycles. The summed E-state index contributed by atoms with van der Waals surface area (Å²) in [5, 5.41) is 14.7. The number of halogens is 1. The third-order valence-corrected chi connectivity index (χ3v) is 5.83.